The molecule has 0 atom stereocenters. The molecule has 0 aliphatic heterocycles. The van der Waals surface area contributed by atoms with E-state index in [0.29, 0.717) is 5.96 Å². The SMILES string of the molecule is CN(Cc1ccc(Cl)cc1)C(N)=NC(C)(C)C. The molecule has 0 aliphatic rings. The zero-order valence-corrected chi connectivity index (χ0v) is 11.6. The molecule has 3 nitrogen and oxygen atoms in total. The second-order valence-electron chi connectivity index (χ2n) is 5.12. The third-order valence-electron chi connectivity index (χ3n) is 2.17. The normalized spacial score (nSPS) is 12.6. The average Bonchev–Trinajstić information content (AvgIpc) is 2.19. The highest BCUT2D eigenvalue weighted by Gasteiger charge is 2.10. The van der Waals surface area contributed by atoms with Crippen LogP contribution in [0, 0.1) is 0 Å². The molecule has 1 rings (SSSR count). The second-order valence-corrected chi connectivity index (χ2v) is 5.56. The Labute approximate surface area is 108 Å². The van der Waals surface area contributed by atoms with Crippen molar-refractivity contribution in [2.75, 3.05) is 7.05 Å². The number of aliphatic imine (C=N–C) groups is 1. The molecular formula is C13H20ClN3. The van der Waals surface area contributed by atoms with Gasteiger partial charge in [-0.1, -0.05) is 23.7 Å². The predicted octanol–water partition coefficient (Wildman–Crippen LogP) is 2.89. The first-order chi connectivity index (χ1) is 7.78. The Morgan fingerprint density at radius 3 is 2.29 bits per heavy atom. The number of rotatable bonds is 2. The minimum absolute atomic E-state index is 0.154. The molecule has 0 saturated carbocycles. The van der Waals surface area contributed by atoms with E-state index >= 15 is 0 Å². The number of nitrogens with zero attached hydrogens (tertiary/aromatic N) is 2. The zero-order chi connectivity index (χ0) is 13.1. The molecule has 0 unspecified atom stereocenters. The van der Waals surface area contributed by atoms with E-state index in [1.54, 1.807) is 0 Å². The fourth-order valence-electron chi connectivity index (χ4n) is 1.37. The van der Waals surface area contributed by atoms with E-state index in [9.17, 15) is 0 Å². The van der Waals surface area contributed by atoms with Gasteiger partial charge in [-0.25, -0.2) is 4.99 Å². The maximum Gasteiger partial charge on any atom is 0.191 e. The monoisotopic (exact) mass is 253 g/mol. The maximum absolute atomic E-state index is 5.93. The summed E-state index contributed by atoms with van der Waals surface area (Å²) in [5.74, 6) is 0.549. The van der Waals surface area contributed by atoms with E-state index in [-0.39, 0.29) is 5.54 Å². The molecule has 0 amide bonds. The van der Waals surface area contributed by atoms with Crippen LogP contribution in [-0.4, -0.2) is 23.4 Å². The Bertz CT molecular complexity index is 390. The van der Waals surface area contributed by atoms with E-state index in [4.69, 9.17) is 17.3 Å². The Kier molecular flexibility index (Phi) is 4.40. The number of hydrogen-bond acceptors (Lipinski definition) is 1. The van der Waals surface area contributed by atoms with Crippen molar-refractivity contribution in [1.29, 1.82) is 0 Å². The number of halogens is 1. The van der Waals surface area contributed by atoms with Gasteiger partial charge < -0.3 is 10.6 Å². The summed E-state index contributed by atoms with van der Waals surface area (Å²) < 4.78 is 0. The van der Waals surface area contributed by atoms with Crippen molar-refractivity contribution in [2.24, 2.45) is 10.7 Å². The van der Waals surface area contributed by atoms with Gasteiger partial charge in [0.1, 0.15) is 0 Å². The molecule has 1 aromatic carbocycles. The molecule has 0 spiro atoms. The van der Waals surface area contributed by atoms with Crippen molar-refractivity contribution < 1.29 is 0 Å². The minimum Gasteiger partial charge on any atom is -0.370 e. The van der Waals surface area contributed by atoms with Gasteiger partial charge in [-0.2, -0.15) is 0 Å². The van der Waals surface area contributed by atoms with Crippen LogP contribution in [0.4, 0.5) is 0 Å². The summed E-state index contributed by atoms with van der Waals surface area (Å²) in [4.78, 5) is 6.34. The molecule has 0 saturated heterocycles. The van der Waals surface area contributed by atoms with Gasteiger partial charge >= 0.3 is 0 Å². The van der Waals surface area contributed by atoms with E-state index in [2.05, 4.69) is 4.99 Å². The lowest BCUT2D eigenvalue weighted by molar-refractivity contribution is 0.474. The van der Waals surface area contributed by atoms with Crippen molar-refractivity contribution >= 4 is 17.6 Å². The van der Waals surface area contributed by atoms with Gasteiger partial charge in [0.2, 0.25) is 0 Å². The van der Waals surface area contributed by atoms with Crippen LogP contribution in [0.3, 0.4) is 0 Å². The van der Waals surface area contributed by atoms with Crippen molar-refractivity contribution in [3.05, 3.63) is 34.9 Å². The van der Waals surface area contributed by atoms with Crippen LogP contribution < -0.4 is 5.73 Å². The maximum atomic E-state index is 5.93. The van der Waals surface area contributed by atoms with Crippen LogP contribution >= 0.6 is 11.6 Å². The quantitative estimate of drug-likeness (QED) is 0.651. The molecule has 0 aliphatic carbocycles. The van der Waals surface area contributed by atoms with E-state index < -0.39 is 0 Å². The Hall–Kier alpha value is -1.22. The van der Waals surface area contributed by atoms with Crippen molar-refractivity contribution in [2.45, 2.75) is 32.9 Å². The van der Waals surface area contributed by atoms with Gasteiger partial charge in [-0.05, 0) is 38.5 Å². The lowest BCUT2D eigenvalue weighted by atomic mass is 10.1. The average molecular weight is 254 g/mol. The molecule has 17 heavy (non-hydrogen) atoms. The fraction of sp³-hybridized carbons (Fsp3) is 0.462. The Morgan fingerprint density at radius 1 is 1.29 bits per heavy atom. The lowest BCUT2D eigenvalue weighted by Crippen LogP contribution is -2.35. The Balaban J connectivity index is 2.69. The lowest BCUT2D eigenvalue weighted by Gasteiger charge is -2.22. The number of guanidine groups is 1. The van der Waals surface area contributed by atoms with Gasteiger partial charge in [0.05, 0.1) is 5.54 Å². The summed E-state index contributed by atoms with van der Waals surface area (Å²) in [5.41, 5.74) is 6.93. The highest BCUT2D eigenvalue weighted by molar-refractivity contribution is 6.30. The van der Waals surface area contributed by atoms with Crippen molar-refractivity contribution in [3.8, 4) is 0 Å². The highest BCUT2D eigenvalue weighted by Crippen LogP contribution is 2.12. The first-order valence-corrected chi connectivity index (χ1v) is 5.96. The molecule has 1 aromatic rings. The first kappa shape index (κ1) is 13.8. The number of hydrogen-bond donors (Lipinski definition) is 1. The van der Waals surface area contributed by atoms with Crippen LogP contribution in [0.15, 0.2) is 29.3 Å². The van der Waals surface area contributed by atoms with Gasteiger partial charge in [-0.15, -0.1) is 0 Å². The summed E-state index contributed by atoms with van der Waals surface area (Å²) in [7, 11) is 1.93. The van der Waals surface area contributed by atoms with Gasteiger partial charge in [-0.3, -0.25) is 0 Å². The van der Waals surface area contributed by atoms with Crippen LogP contribution in [0.1, 0.15) is 26.3 Å². The molecule has 0 aromatic heterocycles. The molecule has 0 fully saturated rings. The van der Waals surface area contributed by atoms with Crippen LogP contribution in [0.2, 0.25) is 5.02 Å². The standard InChI is InChI=1S/C13H20ClN3/c1-13(2,3)16-12(15)17(4)9-10-5-7-11(14)8-6-10/h5-8H,9H2,1-4H3,(H2,15,16). The van der Waals surface area contributed by atoms with E-state index in [1.165, 1.54) is 0 Å². The molecular weight excluding hydrogens is 234 g/mol. The predicted molar refractivity (Wildman–Crippen MR) is 74.3 cm³/mol. The smallest absolute Gasteiger partial charge is 0.191 e. The topological polar surface area (TPSA) is 41.6 Å². The summed E-state index contributed by atoms with van der Waals surface area (Å²) >= 11 is 5.84. The second kappa shape index (κ2) is 5.41. The number of nitrogens with two attached hydrogens (primary N) is 1. The molecule has 0 heterocycles. The van der Waals surface area contributed by atoms with Crippen LogP contribution in [0.5, 0.6) is 0 Å². The van der Waals surface area contributed by atoms with Gasteiger partial charge in [0.25, 0.3) is 0 Å². The summed E-state index contributed by atoms with van der Waals surface area (Å²) in [6.07, 6.45) is 0. The van der Waals surface area contributed by atoms with E-state index in [1.807, 2.05) is 57.0 Å². The third kappa shape index (κ3) is 5.09. The molecule has 0 radical (unpaired) electrons. The molecule has 2 N–H and O–H groups in total. The van der Waals surface area contributed by atoms with Gasteiger partial charge in [0, 0.05) is 18.6 Å². The highest BCUT2D eigenvalue weighted by atomic mass is 35.5. The summed E-state index contributed by atoms with van der Waals surface area (Å²) in [6, 6.07) is 7.73. The third-order valence-corrected chi connectivity index (χ3v) is 2.43. The zero-order valence-electron chi connectivity index (χ0n) is 10.9. The summed E-state index contributed by atoms with van der Waals surface area (Å²) in [5, 5.41) is 0.743. The first-order valence-electron chi connectivity index (χ1n) is 5.59. The summed E-state index contributed by atoms with van der Waals surface area (Å²) in [6.45, 7) is 6.80. The Morgan fingerprint density at radius 2 is 1.82 bits per heavy atom. The van der Waals surface area contributed by atoms with Crippen LogP contribution in [0.25, 0.3) is 0 Å². The van der Waals surface area contributed by atoms with Crippen molar-refractivity contribution in [3.63, 3.8) is 0 Å². The van der Waals surface area contributed by atoms with E-state index in [0.717, 1.165) is 17.1 Å². The molecule has 94 valence electrons. The number of benzene rings is 1. The van der Waals surface area contributed by atoms with Crippen molar-refractivity contribution in [1.82, 2.24) is 4.90 Å². The van der Waals surface area contributed by atoms with Crippen LogP contribution in [-0.2, 0) is 6.54 Å². The molecule has 4 heteroatoms. The molecule has 0 bridgehead atoms. The largest absolute Gasteiger partial charge is 0.370 e. The fourth-order valence-corrected chi connectivity index (χ4v) is 1.50. The van der Waals surface area contributed by atoms with Gasteiger partial charge in [0.15, 0.2) is 5.96 Å². The minimum atomic E-state index is -0.154.